The van der Waals surface area contributed by atoms with Gasteiger partial charge in [0.2, 0.25) is 11.8 Å². The Hall–Kier alpha value is -2.17. The van der Waals surface area contributed by atoms with Crippen molar-refractivity contribution in [1.29, 1.82) is 0 Å². The normalized spacial score (nSPS) is 20.4. The van der Waals surface area contributed by atoms with Crippen molar-refractivity contribution in [2.75, 3.05) is 5.32 Å². The van der Waals surface area contributed by atoms with Gasteiger partial charge in [-0.1, -0.05) is 46.1 Å². The van der Waals surface area contributed by atoms with Crippen LogP contribution in [0.15, 0.2) is 23.3 Å². The zero-order valence-electron chi connectivity index (χ0n) is 16.4. The number of nitrogens with zero attached hydrogens (tertiary/aromatic N) is 1. The van der Waals surface area contributed by atoms with Crippen LogP contribution in [0, 0.1) is 18.8 Å². The molecule has 1 saturated carbocycles. The summed E-state index contributed by atoms with van der Waals surface area (Å²) in [5.41, 5.74) is 6.37. The average Bonchev–Trinajstić information content (AvgIpc) is 2.65. The van der Waals surface area contributed by atoms with Crippen molar-refractivity contribution in [1.82, 2.24) is 5.43 Å². The van der Waals surface area contributed by atoms with Crippen LogP contribution in [0.25, 0.3) is 0 Å². The fourth-order valence-electron chi connectivity index (χ4n) is 3.62. The monoisotopic (exact) mass is 357 g/mol. The molecular weight excluding hydrogens is 326 g/mol. The highest BCUT2D eigenvalue weighted by molar-refractivity contribution is 6.07. The number of hydrogen-bond acceptors (Lipinski definition) is 3. The number of hydrazone groups is 1. The number of amides is 2. The molecule has 1 aliphatic carbocycles. The van der Waals surface area contributed by atoms with Crippen molar-refractivity contribution >= 4 is 23.2 Å². The molecule has 1 aliphatic heterocycles. The predicted molar refractivity (Wildman–Crippen MR) is 106 cm³/mol. The van der Waals surface area contributed by atoms with Gasteiger partial charge in [0.15, 0.2) is 0 Å². The highest BCUT2D eigenvalue weighted by Gasteiger charge is 2.24. The summed E-state index contributed by atoms with van der Waals surface area (Å²) < 4.78 is 0. The summed E-state index contributed by atoms with van der Waals surface area (Å²) in [7, 11) is 0. The SMILES string of the molecule is CC.Cc1cc(NC(=O)C2CCCCC2)ccc1C1=NNC(=O)CC1C. The van der Waals surface area contributed by atoms with Gasteiger partial charge in [0.05, 0.1) is 5.71 Å². The Balaban J connectivity index is 0.00000117. The van der Waals surface area contributed by atoms with E-state index in [2.05, 4.69) is 15.8 Å². The van der Waals surface area contributed by atoms with Gasteiger partial charge in [0, 0.05) is 29.5 Å². The van der Waals surface area contributed by atoms with Crippen LogP contribution < -0.4 is 10.7 Å². The molecule has 0 bridgehead atoms. The second-order valence-corrected chi connectivity index (χ2v) is 6.99. The first-order valence-corrected chi connectivity index (χ1v) is 9.83. The van der Waals surface area contributed by atoms with Crippen LogP contribution in [0.5, 0.6) is 0 Å². The molecule has 2 N–H and O–H groups in total. The Morgan fingerprint density at radius 3 is 2.50 bits per heavy atom. The van der Waals surface area contributed by atoms with Crippen molar-refractivity contribution in [2.24, 2.45) is 16.9 Å². The number of anilines is 1. The zero-order valence-corrected chi connectivity index (χ0v) is 16.4. The second-order valence-electron chi connectivity index (χ2n) is 6.99. The molecule has 1 heterocycles. The summed E-state index contributed by atoms with van der Waals surface area (Å²) in [4.78, 5) is 23.8. The molecule has 1 atom stereocenters. The minimum Gasteiger partial charge on any atom is -0.326 e. The second kappa shape index (κ2) is 9.51. The van der Waals surface area contributed by atoms with Gasteiger partial charge in [-0.25, -0.2) is 5.43 Å². The van der Waals surface area contributed by atoms with E-state index in [1.807, 2.05) is 45.9 Å². The lowest BCUT2D eigenvalue weighted by Crippen LogP contribution is -2.32. The largest absolute Gasteiger partial charge is 0.326 e. The van der Waals surface area contributed by atoms with Crippen molar-refractivity contribution < 1.29 is 9.59 Å². The maximum absolute atomic E-state index is 12.4. The number of hydrogen-bond donors (Lipinski definition) is 2. The van der Waals surface area contributed by atoms with E-state index in [1.54, 1.807) is 0 Å². The molecule has 26 heavy (non-hydrogen) atoms. The summed E-state index contributed by atoms with van der Waals surface area (Å²) in [6.07, 6.45) is 6.00. The topological polar surface area (TPSA) is 70.6 Å². The van der Waals surface area contributed by atoms with E-state index in [-0.39, 0.29) is 23.7 Å². The van der Waals surface area contributed by atoms with E-state index in [9.17, 15) is 9.59 Å². The van der Waals surface area contributed by atoms with E-state index < -0.39 is 0 Å². The molecule has 0 radical (unpaired) electrons. The molecule has 1 unspecified atom stereocenters. The van der Waals surface area contributed by atoms with Gasteiger partial charge >= 0.3 is 0 Å². The quantitative estimate of drug-likeness (QED) is 0.841. The lowest BCUT2D eigenvalue weighted by atomic mass is 9.88. The Morgan fingerprint density at radius 2 is 1.88 bits per heavy atom. The van der Waals surface area contributed by atoms with Crippen molar-refractivity contribution in [3.8, 4) is 0 Å². The molecule has 1 aromatic rings. The average molecular weight is 357 g/mol. The standard InChI is InChI=1S/C19H25N3O2.C2H6/c1-12-10-15(20-19(24)14-6-4-3-5-7-14)8-9-16(12)18-13(2)11-17(23)21-22-18;1-2/h8-10,13-14H,3-7,11H2,1-2H3,(H,20,24)(H,21,23);1-2H3. The minimum absolute atomic E-state index is 0.0414. The Bertz CT molecular complexity index is 676. The first kappa shape index (κ1) is 20.1. The molecule has 0 spiro atoms. The highest BCUT2D eigenvalue weighted by atomic mass is 16.2. The molecule has 1 fully saturated rings. The van der Waals surface area contributed by atoms with E-state index in [0.717, 1.165) is 48.2 Å². The summed E-state index contributed by atoms with van der Waals surface area (Å²) in [5.74, 6) is 0.342. The van der Waals surface area contributed by atoms with Crippen LogP contribution in [0.2, 0.25) is 0 Å². The fourth-order valence-corrected chi connectivity index (χ4v) is 3.62. The van der Waals surface area contributed by atoms with Crippen molar-refractivity contribution in [3.05, 3.63) is 29.3 Å². The first-order chi connectivity index (χ1) is 12.5. The third kappa shape index (κ3) is 4.93. The van der Waals surface area contributed by atoms with Crippen LogP contribution in [0.4, 0.5) is 5.69 Å². The Kier molecular flexibility index (Phi) is 7.37. The molecule has 5 heteroatoms. The molecule has 0 saturated heterocycles. The number of nitrogens with one attached hydrogen (secondary N) is 2. The van der Waals surface area contributed by atoms with Gasteiger partial charge in [-0.2, -0.15) is 5.10 Å². The van der Waals surface area contributed by atoms with Gasteiger partial charge in [-0.05, 0) is 37.5 Å². The van der Waals surface area contributed by atoms with Gasteiger partial charge in [-0.15, -0.1) is 0 Å². The number of aryl methyl sites for hydroxylation is 1. The summed E-state index contributed by atoms with van der Waals surface area (Å²) in [6.45, 7) is 8.02. The van der Waals surface area contributed by atoms with Gasteiger partial charge in [-0.3, -0.25) is 9.59 Å². The molecule has 2 aliphatic rings. The molecule has 5 nitrogen and oxygen atoms in total. The van der Waals surface area contributed by atoms with Crippen LogP contribution in [-0.2, 0) is 9.59 Å². The Morgan fingerprint density at radius 1 is 1.19 bits per heavy atom. The molecule has 3 rings (SSSR count). The molecule has 2 amide bonds. The van der Waals surface area contributed by atoms with Gasteiger partial charge < -0.3 is 5.32 Å². The van der Waals surface area contributed by atoms with E-state index in [4.69, 9.17) is 0 Å². The smallest absolute Gasteiger partial charge is 0.240 e. The fraction of sp³-hybridized carbons (Fsp3) is 0.571. The first-order valence-electron chi connectivity index (χ1n) is 9.83. The highest BCUT2D eigenvalue weighted by Crippen LogP contribution is 2.26. The van der Waals surface area contributed by atoms with Crippen molar-refractivity contribution in [2.45, 2.75) is 66.2 Å². The van der Waals surface area contributed by atoms with Crippen molar-refractivity contribution in [3.63, 3.8) is 0 Å². The maximum Gasteiger partial charge on any atom is 0.240 e. The van der Waals surface area contributed by atoms with Gasteiger partial charge in [0.25, 0.3) is 0 Å². The number of benzene rings is 1. The third-order valence-corrected chi connectivity index (χ3v) is 5.01. The molecular formula is C21H31N3O2. The van der Waals surface area contributed by atoms with E-state index in [0.29, 0.717) is 6.42 Å². The predicted octanol–water partition coefficient (Wildman–Crippen LogP) is 4.40. The van der Waals surface area contributed by atoms with Gasteiger partial charge in [0.1, 0.15) is 0 Å². The number of rotatable bonds is 3. The zero-order chi connectivity index (χ0) is 19.1. The summed E-state index contributed by atoms with van der Waals surface area (Å²) >= 11 is 0. The number of carbonyl (C=O) groups is 2. The van der Waals surface area contributed by atoms with E-state index >= 15 is 0 Å². The molecule has 0 aromatic heterocycles. The lowest BCUT2D eigenvalue weighted by Gasteiger charge is -2.22. The third-order valence-electron chi connectivity index (χ3n) is 5.01. The van der Waals surface area contributed by atoms with Crippen LogP contribution >= 0.6 is 0 Å². The number of carbonyl (C=O) groups excluding carboxylic acids is 2. The molecule has 1 aromatic carbocycles. The van der Waals surface area contributed by atoms with Crippen LogP contribution in [-0.4, -0.2) is 17.5 Å². The molecule has 142 valence electrons. The maximum atomic E-state index is 12.4. The lowest BCUT2D eigenvalue weighted by molar-refractivity contribution is -0.122. The van der Waals surface area contributed by atoms with Crippen LogP contribution in [0.3, 0.4) is 0 Å². The summed E-state index contributed by atoms with van der Waals surface area (Å²) in [5, 5.41) is 7.27. The Labute approximate surface area is 156 Å². The van der Waals surface area contributed by atoms with E-state index in [1.165, 1.54) is 6.42 Å². The van der Waals surface area contributed by atoms with Crippen LogP contribution in [0.1, 0.15) is 70.4 Å². The summed E-state index contributed by atoms with van der Waals surface area (Å²) in [6, 6.07) is 5.90. The minimum atomic E-state index is -0.0414.